The summed E-state index contributed by atoms with van der Waals surface area (Å²) in [6.07, 6.45) is 8.84. The molecule has 0 bridgehead atoms. The smallest absolute Gasteiger partial charge is 0.306 e. The summed E-state index contributed by atoms with van der Waals surface area (Å²) in [6.45, 7) is 3.10. The van der Waals surface area contributed by atoms with Crippen LogP contribution < -0.4 is 9.37 Å². The number of allylic oxidation sites excluding steroid dienone is 1. The van der Waals surface area contributed by atoms with Gasteiger partial charge >= 0.3 is 5.97 Å². The van der Waals surface area contributed by atoms with Gasteiger partial charge in [-0.15, -0.1) is 9.24 Å². The number of hydrogen-bond acceptors (Lipinski definition) is 5. The summed E-state index contributed by atoms with van der Waals surface area (Å²) in [5.41, 5.74) is 2.29. The molecule has 30 heavy (non-hydrogen) atoms. The summed E-state index contributed by atoms with van der Waals surface area (Å²) < 4.78 is 8.93. The monoisotopic (exact) mass is 441 g/mol. The first-order valence-electron chi connectivity index (χ1n) is 9.78. The standard InChI is InChI=1S/C22H26N4O2PS/c1-17(29)9-15-26-22(23)30-21(24-26)19-10-13-25(14-11-19)12-5-8-20(27)28-16-18-6-3-2-4-7-18/h2-4,6-7,9-11,13-15,17,23H,5,8,12,16,29H2,1H3/q+1/b15-9-,23-22?. The number of pyridine rings is 1. The van der Waals surface area contributed by atoms with Crippen molar-refractivity contribution in [1.82, 2.24) is 9.78 Å². The number of hydrogen-bond donors (Lipinski definition) is 1. The maximum Gasteiger partial charge on any atom is 0.306 e. The van der Waals surface area contributed by atoms with Crippen LogP contribution in [0.15, 0.2) is 60.9 Å². The third-order valence-electron chi connectivity index (χ3n) is 4.31. The fraction of sp³-hybridized carbons (Fsp3) is 0.273. The fourth-order valence-electron chi connectivity index (χ4n) is 2.70. The van der Waals surface area contributed by atoms with E-state index >= 15 is 0 Å². The third kappa shape index (κ3) is 6.71. The second kappa shape index (κ2) is 11.0. The molecule has 8 heteroatoms. The van der Waals surface area contributed by atoms with E-state index in [1.165, 1.54) is 11.3 Å². The molecule has 2 aromatic heterocycles. The second-order valence-corrected chi connectivity index (χ2v) is 8.96. The van der Waals surface area contributed by atoms with Gasteiger partial charge < -0.3 is 4.74 Å². The highest BCUT2D eigenvalue weighted by atomic mass is 32.1. The minimum atomic E-state index is -0.181. The molecule has 0 saturated carbocycles. The lowest BCUT2D eigenvalue weighted by Crippen LogP contribution is -2.32. The van der Waals surface area contributed by atoms with Gasteiger partial charge in [-0.05, 0) is 11.2 Å². The quantitative estimate of drug-likeness (QED) is 0.313. The molecule has 1 aromatic carbocycles. The van der Waals surface area contributed by atoms with E-state index in [1.54, 1.807) is 4.68 Å². The van der Waals surface area contributed by atoms with Crippen LogP contribution in [0.5, 0.6) is 0 Å². The van der Waals surface area contributed by atoms with Crippen molar-refractivity contribution in [3.8, 4) is 10.6 Å². The summed E-state index contributed by atoms with van der Waals surface area (Å²) in [5.74, 6) is -0.181. The van der Waals surface area contributed by atoms with Gasteiger partial charge in [-0.25, -0.2) is 9.25 Å². The lowest BCUT2D eigenvalue weighted by atomic mass is 10.2. The van der Waals surface area contributed by atoms with E-state index in [2.05, 4.69) is 21.3 Å². The number of benzene rings is 1. The van der Waals surface area contributed by atoms with E-state index in [0.29, 0.717) is 29.9 Å². The van der Waals surface area contributed by atoms with Crippen LogP contribution in [0.25, 0.3) is 16.8 Å². The fourth-order valence-corrected chi connectivity index (χ4v) is 3.56. The van der Waals surface area contributed by atoms with Crippen LogP contribution >= 0.6 is 20.6 Å². The zero-order valence-electron chi connectivity index (χ0n) is 16.9. The number of esters is 1. The highest BCUT2D eigenvalue weighted by Crippen LogP contribution is 2.17. The first-order chi connectivity index (χ1) is 14.5. The van der Waals surface area contributed by atoms with Gasteiger partial charge in [-0.1, -0.05) is 54.7 Å². The maximum atomic E-state index is 11.9. The van der Waals surface area contributed by atoms with Crippen LogP contribution in [-0.4, -0.2) is 21.4 Å². The van der Waals surface area contributed by atoms with Crippen molar-refractivity contribution >= 4 is 32.7 Å². The van der Waals surface area contributed by atoms with Crippen molar-refractivity contribution in [2.75, 3.05) is 0 Å². The summed E-state index contributed by atoms with van der Waals surface area (Å²) in [4.78, 5) is 12.3. The highest BCUT2D eigenvalue weighted by Gasteiger charge is 2.10. The van der Waals surface area contributed by atoms with Crippen molar-refractivity contribution in [2.24, 2.45) is 0 Å². The molecule has 0 aliphatic heterocycles. The van der Waals surface area contributed by atoms with Crippen molar-refractivity contribution in [3.63, 3.8) is 0 Å². The molecule has 3 aromatic rings. The average Bonchev–Trinajstić information content (AvgIpc) is 3.12. The van der Waals surface area contributed by atoms with Crippen LogP contribution in [0.2, 0.25) is 0 Å². The molecule has 0 fully saturated rings. The van der Waals surface area contributed by atoms with Crippen LogP contribution in [0.3, 0.4) is 0 Å². The second-order valence-electron chi connectivity index (χ2n) is 6.93. The van der Waals surface area contributed by atoms with Crippen LogP contribution in [0, 0.1) is 5.41 Å². The van der Waals surface area contributed by atoms with Gasteiger partial charge in [0.2, 0.25) is 4.80 Å². The lowest BCUT2D eigenvalue weighted by Gasteiger charge is -2.04. The van der Waals surface area contributed by atoms with Crippen LogP contribution in [0.1, 0.15) is 25.3 Å². The van der Waals surface area contributed by atoms with E-state index in [4.69, 9.17) is 10.1 Å². The van der Waals surface area contributed by atoms with Crippen LogP contribution in [0.4, 0.5) is 0 Å². The van der Waals surface area contributed by atoms with Gasteiger partial charge in [-0.2, -0.15) is 5.10 Å². The normalized spacial score (nSPS) is 12.2. The number of carbonyl (C=O) groups is 1. The minimum Gasteiger partial charge on any atom is -0.461 e. The van der Waals surface area contributed by atoms with Gasteiger partial charge in [0, 0.05) is 30.3 Å². The molecule has 2 atom stereocenters. The molecule has 2 unspecified atom stereocenters. The van der Waals surface area contributed by atoms with Crippen molar-refractivity contribution in [1.29, 1.82) is 5.41 Å². The zero-order valence-corrected chi connectivity index (χ0v) is 18.9. The number of aromatic nitrogens is 3. The molecule has 2 heterocycles. The van der Waals surface area contributed by atoms with E-state index in [-0.39, 0.29) is 5.97 Å². The molecule has 156 valence electrons. The number of aryl methyl sites for hydroxylation is 1. The van der Waals surface area contributed by atoms with Gasteiger partial charge in [-0.3, -0.25) is 10.2 Å². The summed E-state index contributed by atoms with van der Waals surface area (Å²) >= 11 is 1.34. The van der Waals surface area contributed by atoms with Crippen molar-refractivity contribution in [3.05, 3.63) is 71.3 Å². The Balaban J connectivity index is 1.48. The Morgan fingerprint density at radius 2 is 2.03 bits per heavy atom. The summed E-state index contributed by atoms with van der Waals surface area (Å²) in [7, 11) is 2.69. The Morgan fingerprint density at radius 1 is 1.30 bits per heavy atom. The first kappa shape index (κ1) is 22.1. The molecule has 0 aliphatic rings. The van der Waals surface area contributed by atoms with Crippen molar-refractivity contribution in [2.45, 2.75) is 38.6 Å². The Bertz CT molecular complexity index is 1040. The molecule has 6 nitrogen and oxygen atoms in total. The summed E-state index contributed by atoms with van der Waals surface area (Å²) in [6, 6.07) is 13.7. The average molecular weight is 442 g/mol. The van der Waals surface area contributed by atoms with Gasteiger partial charge in [0.1, 0.15) is 18.2 Å². The summed E-state index contributed by atoms with van der Waals surface area (Å²) in [5, 5.41) is 13.4. The maximum absolute atomic E-state index is 11.9. The zero-order chi connectivity index (χ0) is 21.3. The van der Waals surface area contributed by atoms with E-state index < -0.39 is 0 Å². The molecular formula is C22H26N4O2PS+. The molecule has 0 radical (unpaired) electrons. The largest absolute Gasteiger partial charge is 0.461 e. The van der Waals surface area contributed by atoms with E-state index in [9.17, 15) is 4.79 Å². The van der Waals surface area contributed by atoms with E-state index in [1.807, 2.05) is 71.7 Å². The Morgan fingerprint density at radius 3 is 2.73 bits per heavy atom. The Hall–Kier alpha value is -2.63. The third-order valence-corrected chi connectivity index (χ3v) is 5.42. The van der Waals surface area contributed by atoms with Gasteiger partial charge in [0.25, 0.3) is 0 Å². The highest BCUT2D eigenvalue weighted by molar-refractivity contribution is 7.17. The molecule has 0 spiro atoms. The van der Waals surface area contributed by atoms with E-state index in [0.717, 1.165) is 22.7 Å². The lowest BCUT2D eigenvalue weighted by molar-refractivity contribution is -0.697. The predicted molar refractivity (Wildman–Crippen MR) is 122 cm³/mol. The Labute approximate surface area is 182 Å². The number of rotatable bonds is 9. The molecule has 0 saturated heterocycles. The molecule has 1 N–H and O–H groups in total. The minimum absolute atomic E-state index is 0.181. The predicted octanol–water partition coefficient (Wildman–Crippen LogP) is 3.64. The Kier molecular flexibility index (Phi) is 8.05. The molecule has 0 aliphatic carbocycles. The number of ether oxygens (including phenoxy) is 1. The topological polar surface area (TPSA) is 71.8 Å². The molecule has 0 amide bonds. The van der Waals surface area contributed by atoms with Crippen molar-refractivity contribution < 1.29 is 14.1 Å². The van der Waals surface area contributed by atoms with Gasteiger partial charge in [0.05, 0.1) is 6.42 Å². The molecule has 3 rings (SSSR count). The first-order valence-corrected chi connectivity index (χ1v) is 11.3. The number of carbonyl (C=O) groups excluding carboxylic acids is 1. The molecular weight excluding hydrogens is 415 g/mol. The number of nitrogens with zero attached hydrogens (tertiary/aromatic N) is 3. The SMILES string of the molecule is CC(P)/C=C\n1nc(-c2cc[n+](CCCC(=O)OCc3ccccc3)cc2)sc1=N. The van der Waals surface area contributed by atoms with Gasteiger partial charge in [0.15, 0.2) is 12.4 Å². The van der Waals surface area contributed by atoms with Crippen LogP contribution in [-0.2, 0) is 22.7 Å². The number of nitrogens with one attached hydrogen (secondary N) is 1.